The van der Waals surface area contributed by atoms with Crippen molar-refractivity contribution in [3.8, 4) is 11.5 Å². The van der Waals surface area contributed by atoms with Gasteiger partial charge in [0.1, 0.15) is 18.2 Å². The lowest BCUT2D eigenvalue weighted by Crippen LogP contribution is -2.45. The molecular weight excluding hydrogens is 318 g/mol. The zero-order valence-electron chi connectivity index (χ0n) is 12.3. The molecule has 1 aliphatic rings. The van der Waals surface area contributed by atoms with Crippen molar-refractivity contribution in [2.45, 2.75) is 6.04 Å². The number of ether oxygens (including phenoxy) is 2. The van der Waals surface area contributed by atoms with Crippen LogP contribution < -0.4 is 14.8 Å². The molecule has 7 heteroatoms. The summed E-state index contributed by atoms with van der Waals surface area (Å²) in [5, 5.41) is 3.28. The van der Waals surface area contributed by atoms with E-state index in [4.69, 9.17) is 9.47 Å². The van der Waals surface area contributed by atoms with E-state index in [0.29, 0.717) is 5.75 Å². The maximum atomic E-state index is 13.5. The van der Waals surface area contributed by atoms with Crippen LogP contribution in [0.15, 0.2) is 18.2 Å². The number of alkyl halides is 1. The standard InChI is InChI=1S/C14H21FN2O2.2ClH/c1-18-11-3-4-14(19-2)12(9-11)13(10-15)17-7-5-16-6-8-17;;/h3-4,9,13,16H,5-8,10H2,1-2H3;2*1H/t13-;;/m0../s1. The molecule has 0 bridgehead atoms. The lowest BCUT2D eigenvalue weighted by atomic mass is 10.0. The largest absolute Gasteiger partial charge is 0.497 e. The van der Waals surface area contributed by atoms with Crippen LogP contribution in [0.5, 0.6) is 11.5 Å². The molecule has 0 unspecified atom stereocenters. The van der Waals surface area contributed by atoms with E-state index in [1.165, 1.54) is 0 Å². The first-order valence-corrected chi connectivity index (χ1v) is 6.52. The van der Waals surface area contributed by atoms with Crippen LogP contribution in [0.4, 0.5) is 4.39 Å². The minimum absolute atomic E-state index is 0. The summed E-state index contributed by atoms with van der Waals surface area (Å²) in [7, 11) is 3.22. The van der Waals surface area contributed by atoms with E-state index in [2.05, 4.69) is 10.2 Å². The monoisotopic (exact) mass is 340 g/mol. The fraction of sp³-hybridized carbons (Fsp3) is 0.571. The predicted molar refractivity (Wildman–Crippen MR) is 87.2 cm³/mol. The molecule has 0 saturated carbocycles. The van der Waals surface area contributed by atoms with Crippen LogP contribution in [0.3, 0.4) is 0 Å². The van der Waals surface area contributed by atoms with Gasteiger partial charge in [0.05, 0.1) is 20.3 Å². The van der Waals surface area contributed by atoms with Gasteiger partial charge in [-0.1, -0.05) is 0 Å². The van der Waals surface area contributed by atoms with Gasteiger partial charge in [0.25, 0.3) is 0 Å². The molecule has 0 spiro atoms. The van der Waals surface area contributed by atoms with Gasteiger partial charge >= 0.3 is 0 Å². The fourth-order valence-electron chi connectivity index (χ4n) is 2.47. The van der Waals surface area contributed by atoms with Gasteiger partial charge in [-0.05, 0) is 18.2 Å². The Morgan fingerprint density at radius 2 is 1.86 bits per heavy atom. The summed E-state index contributed by atoms with van der Waals surface area (Å²) in [6.07, 6.45) is 0. The summed E-state index contributed by atoms with van der Waals surface area (Å²) >= 11 is 0. The Morgan fingerprint density at radius 1 is 1.19 bits per heavy atom. The van der Waals surface area contributed by atoms with Gasteiger partial charge in [0.15, 0.2) is 0 Å². The average Bonchev–Trinajstić information content (AvgIpc) is 2.49. The first-order chi connectivity index (χ1) is 9.30. The van der Waals surface area contributed by atoms with Gasteiger partial charge < -0.3 is 14.8 Å². The molecule has 0 aliphatic carbocycles. The van der Waals surface area contributed by atoms with Gasteiger partial charge in [-0.15, -0.1) is 24.8 Å². The maximum absolute atomic E-state index is 13.5. The van der Waals surface area contributed by atoms with E-state index in [0.717, 1.165) is 37.5 Å². The lowest BCUT2D eigenvalue weighted by Gasteiger charge is -2.34. The molecule has 1 atom stereocenters. The molecule has 21 heavy (non-hydrogen) atoms. The van der Waals surface area contributed by atoms with Crippen LogP contribution in [-0.4, -0.2) is 52.0 Å². The van der Waals surface area contributed by atoms with Crippen molar-refractivity contribution in [1.29, 1.82) is 0 Å². The minimum Gasteiger partial charge on any atom is -0.497 e. The molecule has 1 N–H and O–H groups in total. The van der Waals surface area contributed by atoms with Crippen LogP contribution >= 0.6 is 24.8 Å². The average molecular weight is 341 g/mol. The molecule has 1 saturated heterocycles. The number of hydrogen-bond donors (Lipinski definition) is 1. The summed E-state index contributed by atoms with van der Waals surface area (Å²) < 4.78 is 24.1. The molecule has 0 amide bonds. The van der Waals surface area contributed by atoms with Gasteiger partial charge in [0, 0.05) is 31.7 Å². The molecule has 4 nitrogen and oxygen atoms in total. The molecule has 1 aliphatic heterocycles. The third-order valence-corrected chi connectivity index (χ3v) is 3.53. The number of nitrogens with one attached hydrogen (secondary N) is 1. The predicted octanol–water partition coefficient (Wildman–Crippen LogP) is 2.46. The Bertz CT molecular complexity index is 418. The summed E-state index contributed by atoms with van der Waals surface area (Å²) in [4.78, 5) is 2.15. The van der Waals surface area contributed by atoms with E-state index >= 15 is 0 Å². The van der Waals surface area contributed by atoms with Crippen molar-refractivity contribution in [1.82, 2.24) is 10.2 Å². The van der Waals surface area contributed by atoms with E-state index < -0.39 is 6.67 Å². The second-order valence-corrected chi connectivity index (χ2v) is 4.56. The van der Waals surface area contributed by atoms with Crippen molar-refractivity contribution in [3.63, 3.8) is 0 Å². The van der Waals surface area contributed by atoms with Gasteiger partial charge in [-0.3, -0.25) is 4.90 Å². The lowest BCUT2D eigenvalue weighted by molar-refractivity contribution is 0.145. The summed E-state index contributed by atoms with van der Waals surface area (Å²) in [6, 6.07) is 5.26. The van der Waals surface area contributed by atoms with Crippen molar-refractivity contribution in [3.05, 3.63) is 23.8 Å². The van der Waals surface area contributed by atoms with Gasteiger partial charge in [-0.25, -0.2) is 4.39 Å². The van der Waals surface area contributed by atoms with Crippen molar-refractivity contribution in [2.75, 3.05) is 47.1 Å². The second-order valence-electron chi connectivity index (χ2n) is 4.56. The Balaban J connectivity index is 0.00000200. The molecular formula is C14H23Cl2FN2O2. The smallest absolute Gasteiger partial charge is 0.124 e. The van der Waals surface area contributed by atoms with Gasteiger partial charge in [0.2, 0.25) is 0 Å². The Morgan fingerprint density at radius 3 is 2.38 bits per heavy atom. The number of rotatable bonds is 5. The fourth-order valence-corrected chi connectivity index (χ4v) is 2.47. The highest BCUT2D eigenvalue weighted by molar-refractivity contribution is 5.85. The summed E-state index contributed by atoms with van der Waals surface area (Å²) in [5.41, 5.74) is 0.853. The van der Waals surface area contributed by atoms with E-state index in [1.807, 2.05) is 18.2 Å². The maximum Gasteiger partial charge on any atom is 0.124 e. The third-order valence-electron chi connectivity index (χ3n) is 3.53. The first-order valence-electron chi connectivity index (χ1n) is 6.52. The van der Waals surface area contributed by atoms with Crippen LogP contribution in [0.25, 0.3) is 0 Å². The van der Waals surface area contributed by atoms with Crippen molar-refractivity contribution in [2.24, 2.45) is 0 Å². The van der Waals surface area contributed by atoms with Crippen LogP contribution in [0.1, 0.15) is 11.6 Å². The second kappa shape index (κ2) is 10.1. The molecule has 0 aromatic heterocycles. The number of halogens is 3. The van der Waals surface area contributed by atoms with Gasteiger partial charge in [-0.2, -0.15) is 0 Å². The quantitative estimate of drug-likeness (QED) is 0.892. The molecule has 2 rings (SSSR count). The number of hydrogen-bond acceptors (Lipinski definition) is 4. The number of benzene rings is 1. The topological polar surface area (TPSA) is 33.7 Å². The molecule has 1 aromatic rings. The normalized spacial score (nSPS) is 16.3. The van der Waals surface area contributed by atoms with Crippen molar-refractivity contribution < 1.29 is 13.9 Å². The Kier molecular flexibility index (Phi) is 9.70. The minimum atomic E-state index is -0.427. The summed E-state index contributed by atoms with van der Waals surface area (Å²) in [5.74, 6) is 1.44. The molecule has 1 fully saturated rings. The molecule has 122 valence electrons. The van der Waals surface area contributed by atoms with Crippen LogP contribution in [0.2, 0.25) is 0 Å². The van der Waals surface area contributed by atoms with E-state index in [-0.39, 0.29) is 30.9 Å². The van der Waals surface area contributed by atoms with Crippen LogP contribution in [-0.2, 0) is 0 Å². The number of piperazine rings is 1. The molecule has 0 radical (unpaired) electrons. The van der Waals surface area contributed by atoms with E-state index in [9.17, 15) is 4.39 Å². The SMILES string of the molecule is COc1ccc(OC)c([C@H](CF)N2CCNCC2)c1.Cl.Cl. The highest BCUT2D eigenvalue weighted by Crippen LogP contribution is 2.33. The Hall–Kier alpha value is -0.750. The number of methoxy groups -OCH3 is 2. The first kappa shape index (κ1) is 20.2. The zero-order valence-corrected chi connectivity index (χ0v) is 13.9. The summed E-state index contributed by atoms with van der Waals surface area (Å²) in [6.45, 7) is 3.04. The third kappa shape index (κ3) is 4.88. The zero-order chi connectivity index (χ0) is 13.7. The Labute approximate surface area is 137 Å². The molecule has 1 aromatic carbocycles. The van der Waals surface area contributed by atoms with Crippen molar-refractivity contribution >= 4 is 24.8 Å². The van der Waals surface area contributed by atoms with Crippen LogP contribution in [0, 0.1) is 0 Å². The van der Waals surface area contributed by atoms with E-state index in [1.54, 1.807) is 14.2 Å². The molecule has 1 heterocycles. The number of nitrogens with zero attached hydrogens (tertiary/aromatic N) is 1. The highest BCUT2D eigenvalue weighted by Gasteiger charge is 2.25. The highest BCUT2D eigenvalue weighted by atomic mass is 35.5.